The van der Waals surface area contributed by atoms with E-state index in [1.54, 1.807) is 36.8 Å². The summed E-state index contributed by atoms with van der Waals surface area (Å²) in [7, 11) is 1.64. The van der Waals surface area contributed by atoms with Gasteiger partial charge < -0.3 is 19.5 Å². The molecule has 0 aromatic carbocycles. The van der Waals surface area contributed by atoms with Crippen molar-refractivity contribution < 1.29 is 14.1 Å². The van der Waals surface area contributed by atoms with Crippen LogP contribution in [0.5, 0.6) is 0 Å². The summed E-state index contributed by atoms with van der Waals surface area (Å²) in [6.45, 7) is 2.17. The Bertz CT molecular complexity index is 951. The molecule has 1 saturated heterocycles. The van der Waals surface area contributed by atoms with Gasteiger partial charge >= 0.3 is 6.03 Å². The molecule has 1 N–H and O–H groups in total. The van der Waals surface area contributed by atoms with Crippen LogP contribution in [-0.4, -0.2) is 69.4 Å². The lowest BCUT2D eigenvalue weighted by atomic mass is 9.90. The first-order chi connectivity index (χ1) is 14.8. The molecule has 1 aliphatic heterocycles. The van der Waals surface area contributed by atoms with E-state index in [4.69, 9.17) is 9.26 Å². The van der Waals surface area contributed by atoms with Gasteiger partial charge in [0.15, 0.2) is 0 Å². The largest absolute Gasteiger partial charge is 0.385 e. The number of pyridine rings is 1. The minimum absolute atomic E-state index is 0.00131. The first-order valence-corrected chi connectivity index (χ1v) is 9.78. The van der Waals surface area contributed by atoms with Crippen LogP contribution < -0.4 is 5.32 Å². The Morgan fingerprint density at radius 2 is 2.10 bits per heavy atom. The molecular formula is C20H23N7O3. The average molecular weight is 409 g/mol. The van der Waals surface area contributed by atoms with Crippen LogP contribution in [0.1, 0.15) is 29.7 Å². The molecule has 10 heteroatoms. The van der Waals surface area contributed by atoms with Gasteiger partial charge in [-0.15, -0.1) is 0 Å². The van der Waals surface area contributed by atoms with Crippen LogP contribution in [0.2, 0.25) is 0 Å². The van der Waals surface area contributed by atoms with Crippen molar-refractivity contribution in [1.29, 1.82) is 0 Å². The zero-order valence-electron chi connectivity index (χ0n) is 16.6. The number of nitrogens with zero attached hydrogens (tertiary/aromatic N) is 6. The molecule has 30 heavy (non-hydrogen) atoms. The number of nitrogens with one attached hydrogen (secondary N) is 1. The van der Waals surface area contributed by atoms with Crippen LogP contribution in [-0.2, 0) is 4.74 Å². The predicted molar refractivity (Wildman–Crippen MR) is 107 cm³/mol. The molecule has 2 amide bonds. The number of rotatable bonds is 7. The first kappa shape index (κ1) is 19.9. The van der Waals surface area contributed by atoms with E-state index in [9.17, 15) is 4.79 Å². The van der Waals surface area contributed by atoms with E-state index in [-0.39, 0.29) is 17.9 Å². The second kappa shape index (κ2) is 9.40. The molecule has 3 aromatic rings. The number of hydrogen-bond acceptors (Lipinski definition) is 8. The van der Waals surface area contributed by atoms with Gasteiger partial charge in [0.2, 0.25) is 11.7 Å². The van der Waals surface area contributed by atoms with E-state index >= 15 is 0 Å². The molecule has 2 atom stereocenters. The third kappa shape index (κ3) is 4.43. The lowest BCUT2D eigenvalue weighted by Gasteiger charge is -2.17. The molecule has 0 aliphatic carbocycles. The standard InChI is InChI=1S/C20H23N7O3/c1-29-9-3-6-24-20(28)27-12-15(14-4-2-5-21-10-14)16(13-27)19-25-18(26-30-19)17-11-22-7-8-23-17/h2,4-5,7-8,10-11,15-16H,3,6,9,12-13H2,1H3,(H,24,28)/t15-,16+/m0/s1. The lowest BCUT2D eigenvalue weighted by Crippen LogP contribution is -2.39. The first-order valence-electron chi connectivity index (χ1n) is 9.78. The van der Waals surface area contributed by atoms with Crippen molar-refractivity contribution in [2.45, 2.75) is 18.3 Å². The number of carbonyl (C=O) groups excluding carboxylic acids is 1. The second-order valence-corrected chi connectivity index (χ2v) is 7.03. The second-order valence-electron chi connectivity index (χ2n) is 7.03. The molecule has 3 aromatic heterocycles. The molecule has 0 spiro atoms. The normalized spacial score (nSPS) is 18.5. The fourth-order valence-electron chi connectivity index (χ4n) is 3.58. The third-order valence-electron chi connectivity index (χ3n) is 5.07. The van der Waals surface area contributed by atoms with Crippen molar-refractivity contribution in [3.63, 3.8) is 0 Å². The third-order valence-corrected chi connectivity index (χ3v) is 5.07. The van der Waals surface area contributed by atoms with Crippen LogP contribution in [0.3, 0.4) is 0 Å². The summed E-state index contributed by atoms with van der Waals surface area (Å²) in [6, 6.07) is 3.78. The van der Waals surface area contributed by atoms with Crippen molar-refractivity contribution in [3.8, 4) is 11.5 Å². The molecule has 156 valence electrons. The van der Waals surface area contributed by atoms with Gasteiger partial charge in [-0.25, -0.2) is 9.78 Å². The molecule has 4 heterocycles. The molecule has 0 unspecified atom stereocenters. The minimum atomic E-state index is -0.142. The Hall–Kier alpha value is -3.40. The van der Waals surface area contributed by atoms with Crippen molar-refractivity contribution in [3.05, 3.63) is 54.6 Å². The maximum atomic E-state index is 12.7. The van der Waals surface area contributed by atoms with Crippen LogP contribution in [0.25, 0.3) is 11.5 Å². The molecule has 1 aliphatic rings. The number of aromatic nitrogens is 5. The number of ether oxygens (including phenoxy) is 1. The van der Waals surface area contributed by atoms with Gasteiger partial charge in [0, 0.05) is 64.1 Å². The van der Waals surface area contributed by atoms with Gasteiger partial charge in [-0.05, 0) is 18.1 Å². The lowest BCUT2D eigenvalue weighted by molar-refractivity contribution is 0.188. The van der Waals surface area contributed by atoms with Gasteiger partial charge in [-0.3, -0.25) is 9.97 Å². The summed E-state index contributed by atoms with van der Waals surface area (Å²) in [5.74, 6) is 0.708. The van der Waals surface area contributed by atoms with Crippen molar-refractivity contribution >= 4 is 6.03 Å². The minimum Gasteiger partial charge on any atom is -0.385 e. The molecule has 0 radical (unpaired) electrons. The fourth-order valence-corrected chi connectivity index (χ4v) is 3.58. The summed E-state index contributed by atoms with van der Waals surface area (Å²) in [5, 5.41) is 7.00. The zero-order chi connectivity index (χ0) is 20.8. The summed E-state index contributed by atoms with van der Waals surface area (Å²) in [5.41, 5.74) is 1.56. The summed E-state index contributed by atoms with van der Waals surface area (Å²) < 4.78 is 10.6. The van der Waals surface area contributed by atoms with Crippen molar-refractivity contribution in [1.82, 2.24) is 35.3 Å². The average Bonchev–Trinajstić information content (AvgIpc) is 3.45. The van der Waals surface area contributed by atoms with Crippen LogP contribution >= 0.6 is 0 Å². The van der Waals surface area contributed by atoms with E-state index < -0.39 is 0 Å². The number of carbonyl (C=O) groups is 1. The van der Waals surface area contributed by atoms with Gasteiger partial charge in [0.1, 0.15) is 5.69 Å². The summed E-state index contributed by atoms with van der Waals surface area (Å²) in [4.78, 5) is 31.5. The van der Waals surface area contributed by atoms with Gasteiger partial charge in [-0.2, -0.15) is 4.98 Å². The molecular weight excluding hydrogens is 386 g/mol. The summed E-state index contributed by atoms with van der Waals surface area (Å²) >= 11 is 0. The molecule has 1 fully saturated rings. The highest BCUT2D eigenvalue weighted by molar-refractivity contribution is 5.74. The Morgan fingerprint density at radius 3 is 2.87 bits per heavy atom. The Balaban J connectivity index is 1.54. The van der Waals surface area contributed by atoms with E-state index in [0.29, 0.717) is 43.7 Å². The van der Waals surface area contributed by atoms with Crippen LogP contribution in [0.4, 0.5) is 4.79 Å². The predicted octanol–water partition coefficient (Wildman–Crippen LogP) is 1.85. The number of hydrogen-bond donors (Lipinski definition) is 1. The van der Waals surface area contributed by atoms with Crippen molar-refractivity contribution in [2.24, 2.45) is 0 Å². The van der Waals surface area contributed by atoms with Gasteiger partial charge in [0.25, 0.3) is 0 Å². The topological polar surface area (TPSA) is 119 Å². The highest BCUT2D eigenvalue weighted by atomic mass is 16.5. The zero-order valence-corrected chi connectivity index (χ0v) is 16.6. The Kier molecular flexibility index (Phi) is 6.23. The number of methoxy groups -OCH3 is 1. The molecule has 4 rings (SSSR count). The smallest absolute Gasteiger partial charge is 0.317 e. The maximum absolute atomic E-state index is 12.7. The molecule has 0 saturated carbocycles. The Labute approximate surface area is 173 Å². The highest BCUT2D eigenvalue weighted by Gasteiger charge is 2.40. The maximum Gasteiger partial charge on any atom is 0.317 e. The van der Waals surface area contributed by atoms with E-state index in [1.807, 2.05) is 18.3 Å². The monoisotopic (exact) mass is 409 g/mol. The van der Waals surface area contributed by atoms with Crippen LogP contribution in [0.15, 0.2) is 47.6 Å². The summed E-state index contributed by atoms with van der Waals surface area (Å²) in [6.07, 6.45) is 9.06. The number of amides is 2. The van der Waals surface area contributed by atoms with Gasteiger partial charge in [-0.1, -0.05) is 11.2 Å². The van der Waals surface area contributed by atoms with E-state index in [1.165, 1.54) is 0 Å². The number of urea groups is 1. The molecule has 0 bridgehead atoms. The highest BCUT2D eigenvalue weighted by Crippen LogP contribution is 2.39. The van der Waals surface area contributed by atoms with E-state index in [2.05, 4.69) is 30.4 Å². The van der Waals surface area contributed by atoms with Crippen LogP contribution in [0, 0.1) is 0 Å². The molecule has 10 nitrogen and oxygen atoms in total. The van der Waals surface area contributed by atoms with Crippen molar-refractivity contribution in [2.75, 3.05) is 33.4 Å². The Morgan fingerprint density at radius 1 is 1.23 bits per heavy atom. The van der Waals surface area contributed by atoms with E-state index in [0.717, 1.165) is 12.0 Å². The SMILES string of the molecule is COCCCNC(=O)N1C[C@@H](c2cccnc2)[C@H](c2nc(-c3cnccn3)no2)C1. The van der Waals surface area contributed by atoms with Gasteiger partial charge in [0.05, 0.1) is 12.1 Å². The quantitative estimate of drug-likeness (QED) is 0.587. The fraction of sp³-hybridized carbons (Fsp3) is 0.400. The number of likely N-dealkylation sites (tertiary alicyclic amines) is 1.